The maximum Gasteiger partial charge on any atom is 0.257 e. The Morgan fingerprint density at radius 2 is 2.05 bits per heavy atom. The standard InChI is InChI=1S/C14H12Cl2FN3O/c1-2-18-13-6-9(11(16)7-19-13)14(21)20-8-3-4-12(17)10(15)5-8/h3-7H,2H2,1H3,(H,18,19)(H,20,21). The highest BCUT2D eigenvalue weighted by Crippen LogP contribution is 2.22. The molecule has 1 amide bonds. The fraction of sp³-hybridized carbons (Fsp3) is 0.143. The lowest BCUT2D eigenvalue weighted by Crippen LogP contribution is -2.13. The molecule has 0 bridgehead atoms. The zero-order valence-electron chi connectivity index (χ0n) is 11.1. The molecule has 2 aromatic rings. The van der Waals surface area contributed by atoms with Gasteiger partial charge in [-0.15, -0.1) is 0 Å². The molecule has 0 fully saturated rings. The van der Waals surface area contributed by atoms with Crippen molar-refractivity contribution in [3.8, 4) is 0 Å². The number of nitrogens with zero attached hydrogens (tertiary/aromatic N) is 1. The van der Waals surface area contributed by atoms with Gasteiger partial charge in [0, 0.05) is 18.4 Å². The minimum Gasteiger partial charge on any atom is -0.370 e. The highest BCUT2D eigenvalue weighted by Gasteiger charge is 2.13. The first-order valence-electron chi connectivity index (χ1n) is 6.17. The number of carbonyl (C=O) groups excluding carboxylic acids is 1. The van der Waals surface area contributed by atoms with Crippen molar-refractivity contribution < 1.29 is 9.18 Å². The molecule has 0 saturated heterocycles. The molecule has 110 valence electrons. The topological polar surface area (TPSA) is 54.0 Å². The minimum atomic E-state index is -0.550. The molecule has 0 aliphatic carbocycles. The van der Waals surface area contributed by atoms with Gasteiger partial charge < -0.3 is 10.6 Å². The van der Waals surface area contributed by atoms with Crippen LogP contribution < -0.4 is 10.6 Å². The van der Waals surface area contributed by atoms with Crippen molar-refractivity contribution in [2.24, 2.45) is 0 Å². The zero-order chi connectivity index (χ0) is 15.4. The molecule has 21 heavy (non-hydrogen) atoms. The van der Waals surface area contributed by atoms with Gasteiger partial charge >= 0.3 is 0 Å². The van der Waals surface area contributed by atoms with Crippen LogP contribution in [0.25, 0.3) is 0 Å². The molecule has 2 rings (SSSR count). The summed E-state index contributed by atoms with van der Waals surface area (Å²) < 4.78 is 13.1. The maximum absolute atomic E-state index is 13.1. The molecule has 0 unspecified atom stereocenters. The molecule has 0 radical (unpaired) electrons. The Morgan fingerprint density at radius 1 is 1.29 bits per heavy atom. The molecular weight excluding hydrogens is 316 g/mol. The third kappa shape index (κ3) is 3.83. The van der Waals surface area contributed by atoms with Gasteiger partial charge in [-0.05, 0) is 31.2 Å². The average molecular weight is 328 g/mol. The Labute approximate surface area is 131 Å². The third-order valence-corrected chi connectivity index (χ3v) is 3.23. The number of amides is 1. The molecule has 0 spiro atoms. The van der Waals surface area contributed by atoms with Crippen molar-refractivity contribution in [2.75, 3.05) is 17.2 Å². The first kappa shape index (κ1) is 15.5. The maximum atomic E-state index is 13.1. The normalized spacial score (nSPS) is 10.3. The van der Waals surface area contributed by atoms with Gasteiger partial charge in [-0.3, -0.25) is 4.79 Å². The SMILES string of the molecule is CCNc1cc(C(=O)Nc2ccc(F)c(Cl)c2)c(Cl)cn1. The monoisotopic (exact) mass is 327 g/mol. The summed E-state index contributed by atoms with van der Waals surface area (Å²) in [5.74, 6) is -0.431. The molecular formula is C14H12Cl2FN3O. The molecule has 4 nitrogen and oxygen atoms in total. The van der Waals surface area contributed by atoms with Gasteiger partial charge in [-0.2, -0.15) is 0 Å². The summed E-state index contributed by atoms with van der Waals surface area (Å²) >= 11 is 11.6. The molecule has 1 aromatic heterocycles. The Bertz CT molecular complexity index is 679. The summed E-state index contributed by atoms with van der Waals surface area (Å²) in [4.78, 5) is 16.2. The number of nitrogens with one attached hydrogen (secondary N) is 2. The van der Waals surface area contributed by atoms with Gasteiger partial charge in [-0.1, -0.05) is 23.2 Å². The van der Waals surface area contributed by atoms with Gasteiger partial charge in [0.15, 0.2) is 0 Å². The Hall–Kier alpha value is -1.85. The first-order valence-corrected chi connectivity index (χ1v) is 6.92. The van der Waals surface area contributed by atoms with Crippen LogP contribution in [0.3, 0.4) is 0 Å². The number of pyridine rings is 1. The summed E-state index contributed by atoms with van der Waals surface area (Å²) in [5, 5.41) is 5.75. The first-order chi connectivity index (χ1) is 10.0. The number of rotatable bonds is 4. The average Bonchev–Trinajstić information content (AvgIpc) is 2.45. The smallest absolute Gasteiger partial charge is 0.257 e. The summed E-state index contributed by atoms with van der Waals surface area (Å²) in [6, 6.07) is 5.47. The Morgan fingerprint density at radius 3 is 2.71 bits per heavy atom. The molecule has 1 heterocycles. The van der Waals surface area contributed by atoms with E-state index in [0.717, 1.165) is 0 Å². The predicted octanol–water partition coefficient (Wildman–Crippen LogP) is 4.21. The van der Waals surface area contributed by atoms with E-state index >= 15 is 0 Å². The van der Waals surface area contributed by atoms with Crippen LogP contribution in [0.15, 0.2) is 30.5 Å². The molecule has 0 saturated carbocycles. The van der Waals surface area contributed by atoms with Crippen molar-refractivity contribution in [1.29, 1.82) is 0 Å². The number of aromatic nitrogens is 1. The van der Waals surface area contributed by atoms with E-state index in [4.69, 9.17) is 23.2 Å². The second-order valence-electron chi connectivity index (χ2n) is 4.16. The van der Waals surface area contributed by atoms with E-state index in [9.17, 15) is 9.18 Å². The lowest BCUT2D eigenvalue weighted by molar-refractivity contribution is 0.102. The zero-order valence-corrected chi connectivity index (χ0v) is 12.6. The minimum absolute atomic E-state index is 0.0676. The largest absolute Gasteiger partial charge is 0.370 e. The van der Waals surface area contributed by atoms with Crippen molar-refractivity contribution in [2.45, 2.75) is 6.92 Å². The second kappa shape index (κ2) is 6.74. The van der Waals surface area contributed by atoms with Crippen LogP contribution in [0.2, 0.25) is 10.0 Å². The van der Waals surface area contributed by atoms with Gasteiger partial charge in [-0.25, -0.2) is 9.37 Å². The van der Waals surface area contributed by atoms with Crippen molar-refractivity contribution in [1.82, 2.24) is 4.98 Å². The second-order valence-corrected chi connectivity index (χ2v) is 4.98. The van der Waals surface area contributed by atoms with Crippen LogP contribution in [-0.2, 0) is 0 Å². The van der Waals surface area contributed by atoms with Crippen LogP contribution in [0.1, 0.15) is 17.3 Å². The van der Waals surface area contributed by atoms with Gasteiger partial charge in [0.1, 0.15) is 11.6 Å². The van der Waals surface area contributed by atoms with Crippen LogP contribution in [0.5, 0.6) is 0 Å². The summed E-state index contributed by atoms with van der Waals surface area (Å²) in [6.45, 7) is 2.58. The number of halogens is 3. The molecule has 1 aromatic carbocycles. The molecule has 0 aliphatic heterocycles. The fourth-order valence-corrected chi connectivity index (χ4v) is 2.03. The summed E-state index contributed by atoms with van der Waals surface area (Å²) in [5.41, 5.74) is 0.646. The van der Waals surface area contributed by atoms with Gasteiger partial charge in [0.05, 0.1) is 15.6 Å². The number of hydrogen-bond donors (Lipinski definition) is 2. The van der Waals surface area contributed by atoms with E-state index in [1.807, 2.05) is 6.92 Å². The van der Waals surface area contributed by atoms with Gasteiger partial charge in [0.2, 0.25) is 0 Å². The van der Waals surface area contributed by atoms with Crippen molar-refractivity contribution in [3.05, 3.63) is 51.9 Å². The van der Waals surface area contributed by atoms with Crippen molar-refractivity contribution >= 4 is 40.6 Å². The van der Waals surface area contributed by atoms with Crippen LogP contribution >= 0.6 is 23.2 Å². The lowest BCUT2D eigenvalue weighted by Gasteiger charge is -2.09. The van der Waals surface area contributed by atoms with Crippen LogP contribution in [-0.4, -0.2) is 17.4 Å². The quantitative estimate of drug-likeness (QED) is 0.884. The van der Waals surface area contributed by atoms with Gasteiger partial charge in [0.25, 0.3) is 5.91 Å². The van der Waals surface area contributed by atoms with E-state index in [-0.39, 0.29) is 15.6 Å². The van der Waals surface area contributed by atoms with E-state index in [2.05, 4.69) is 15.6 Å². The van der Waals surface area contributed by atoms with E-state index in [0.29, 0.717) is 18.1 Å². The Balaban J connectivity index is 2.23. The number of hydrogen-bond acceptors (Lipinski definition) is 3. The summed E-state index contributed by atoms with van der Waals surface area (Å²) in [7, 11) is 0. The lowest BCUT2D eigenvalue weighted by atomic mass is 10.2. The number of carbonyl (C=O) groups is 1. The molecule has 7 heteroatoms. The van der Waals surface area contributed by atoms with E-state index in [1.54, 1.807) is 6.07 Å². The van der Waals surface area contributed by atoms with E-state index in [1.165, 1.54) is 24.4 Å². The summed E-state index contributed by atoms with van der Waals surface area (Å²) in [6.07, 6.45) is 1.39. The van der Waals surface area contributed by atoms with E-state index < -0.39 is 11.7 Å². The third-order valence-electron chi connectivity index (χ3n) is 2.64. The fourth-order valence-electron chi connectivity index (χ4n) is 1.66. The van der Waals surface area contributed by atoms with Crippen LogP contribution in [0, 0.1) is 5.82 Å². The van der Waals surface area contributed by atoms with Crippen molar-refractivity contribution in [3.63, 3.8) is 0 Å². The van der Waals surface area contributed by atoms with Crippen LogP contribution in [0.4, 0.5) is 15.9 Å². The number of benzene rings is 1. The highest BCUT2D eigenvalue weighted by atomic mass is 35.5. The molecule has 0 atom stereocenters. The number of anilines is 2. The Kier molecular flexibility index (Phi) is 4.98. The molecule has 2 N–H and O–H groups in total. The highest BCUT2D eigenvalue weighted by molar-refractivity contribution is 6.34. The predicted molar refractivity (Wildman–Crippen MR) is 82.8 cm³/mol. The molecule has 0 aliphatic rings.